The summed E-state index contributed by atoms with van der Waals surface area (Å²) in [6.45, 7) is 1.96. The highest BCUT2D eigenvalue weighted by Crippen LogP contribution is 2.15. The summed E-state index contributed by atoms with van der Waals surface area (Å²) in [5.41, 5.74) is 4.48. The minimum atomic E-state index is -0.978. The van der Waals surface area contributed by atoms with Crippen molar-refractivity contribution in [1.82, 2.24) is 0 Å². The van der Waals surface area contributed by atoms with E-state index in [0.29, 0.717) is 0 Å². The number of hydrogen-bond acceptors (Lipinski definition) is 3. The molecule has 1 aliphatic heterocycles. The number of rotatable bonds is 1. The molecule has 4 heteroatoms. The second-order valence-corrected chi connectivity index (χ2v) is 4.30. The van der Waals surface area contributed by atoms with Gasteiger partial charge in [-0.15, -0.1) is 5.16 Å². The molecule has 0 aromatic heterocycles. The van der Waals surface area contributed by atoms with E-state index in [2.05, 4.69) is 5.16 Å². The molecule has 2 aromatic rings. The third-order valence-electron chi connectivity index (χ3n) is 3.12. The van der Waals surface area contributed by atoms with Gasteiger partial charge < -0.3 is 9.78 Å². The van der Waals surface area contributed by atoms with Gasteiger partial charge >= 0.3 is 7.12 Å². The fourth-order valence-electron chi connectivity index (χ4n) is 2.22. The van der Waals surface area contributed by atoms with Crippen LogP contribution >= 0.6 is 0 Å². The Morgan fingerprint density at radius 1 is 1.06 bits per heavy atom. The minimum absolute atomic E-state index is 0.764. The van der Waals surface area contributed by atoms with E-state index in [1.54, 1.807) is 0 Å². The van der Waals surface area contributed by atoms with Crippen molar-refractivity contribution in [3.05, 3.63) is 65.2 Å². The number of fused-ring (bicyclic) bond motifs is 1. The first-order valence-corrected chi connectivity index (χ1v) is 5.84. The standard InChI is InChI=1S/C14H12BNO2/c1-10-6-5-9-12-13(10)15(17)18-16-14(12)11-7-3-2-4-8-11/h2-9,17H,1H3. The topological polar surface area (TPSA) is 41.8 Å². The van der Waals surface area contributed by atoms with Gasteiger partial charge in [-0.2, -0.15) is 0 Å². The van der Waals surface area contributed by atoms with Crippen LogP contribution in [0.4, 0.5) is 0 Å². The molecule has 0 fully saturated rings. The smallest absolute Gasteiger partial charge is 0.426 e. The molecule has 0 saturated carbocycles. The molecule has 3 rings (SSSR count). The second kappa shape index (κ2) is 4.31. The van der Waals surface area contributed by atoms with Gasteiger partial charge in [0.2, 0.25) is 0 Å². The Labute approximate surface area is 106 Å². The molecular weight excluding hydrogens is 225 g/mol. The van der Waals surface area contributed by atoms with Crippen LogP contribution in [0.2, 0.25) is 0 Å². The molecule has 0 radical (unpaired) electrons. The molecule has 0 aliphatic carbocycles. The van der Waals surface area contributed by atoms with Gasteiger partial charge in [0, 0.05) is 16.6 Å². The van der Waals surface area contributed by atoms with Gasteiger partial charge in [-0.3, -0.25) is 0 Å². The van der Waals surface area contributed by atoms with Crippen LogP contribution < -0.4 is 5.46 Å². The molecule has 1 aliphatic rings. The zero-order valence-corrected chi connectivity index (χ0v) is 10.00. The Morgan fingerprint density at radius 3 is 2.61 bits per heavy atom. The van der Waals surface area contributed by atoms with E-state index < -0.39 is 7.12 Å². The number of benzene rings is 2. The maximum Gasteiger partial charge on any atom is 0.584 e. The summed E-state index contributed by atoms with van der Waals surface area (Å²) in [6, 6.07) is 15.7. The van der Waals surface area contributed by atoms with Crippen molar-refractivity contribution in [3.63, 3.8) is 0 Å². The zero-order valence-electron chi connectivity index (χ0n) is 10.00. The van der Waals surface area contributed by atoms with E-state index in [4.69, 9.17) is 4.76 Å². The third kappa shape index (κ3) is 1.71. The molecule has 0 spiro atoms. The Morgan fingerprint density at radius 2 is 1.83 bits per heavy atom. The molecule has 0 amide bonds. The van der Waals surface area contributed by atoms with E-state index in [0.717, 1.165) is 27.9 Å². The molecule has 2 aromatic carbocycles. The van der Waals surface area contributed by atoms with Gasteiger partial charge in [-0.1, -0.05) is 48.5 Å². The third-order valence-corrected chi connectivity index (χ3v) is 3.12. The highest BCUT2D eigenvalue weighted by atomic mass is 16.6. The van der Waals surface area contributed by atoms with Gasteiger partial charge in [0.25, 0.3) is 0 Å². The molecule has 1 N–H and O–H groups in total. The van der Waals surface area contributed by atoms with Crippen LogP contribution in [0.3, 0.4) is 0 Å². The van der Waals surface area contributed by atoms with Crippen molar-refractivity contribution in [2.24, 2.45) is 5.16 Å². The average molecular weight is 237 g/mol. The molecule has 3 nitrogen and oxygen atoms in total. The number of nitrogens with zero attached hydrogens (tertiary/aromatic N) is 1. The van der Waals surface area contributed by atoms with Gasteiger partial charge in [-0.05, 0) is 12.5 Å². The summed E-state index contributed by atoms with van der Waals surface area (Å²) < 4.78 is 5.10. The van der Waals surface area contributed by atoms with Crippen molar-refractivity contribution in [2.75, 3.05) is 0 Å². The van der Waals surface area contributed by atoms with Crippen LogP contribution in [0, 0.1) is 6.92 Å². The van der Waals surface area contributed by atoms with Crippen LogP contribution in [0.1, 0.15) is 16.7 Å². The lowest BCUT2D eigenvalue weighted by atomic mass is 9.71. The predicted molar refractivity (Wildman–Crippen MR) is 72.0 cm³/mol. The SMILES string of the molecule is Cc1cccc2c1B(O)ON=C2c1ccccc1. The van der Waals surface area contributed by atoms with E-state index in [1.807, 2.05) is 55.5 Å². The van der Waals surface area contributed by atoms with Crippen molar-refractivity contribution < 1.29 is 9.78 Å². The fraction of sp³-hybridized carbons (Fsp3) is 0.0714. The molecule has 18 heavy (non-hydrogen) atoms. The summed E-state index contributed by atoms with van der Waals surface area (Å²) in [5.74, 6) is 0. The second-order valence-electron chi connectivity index (χ2n) is 4.30. The normalized spacial score (nSPS) is 13.7. The van der Waals surface area contributed by atoms with Crippen LogP contribution in [0.15, 0.2) is 53.7 Å². The van der Waals surface area contributed by atoms with Crippen molar-refractivity contribution in [1.29, 1.82) is 0 Å². The van der Waals surface area contributed by atoms with Crippen molar-refractivity contribution in [3.8, 4) is 0 Å². The fourth-order valence-corrected chi connectivity index (χ4v) is 2.22. The summed E-state index contributed by atoms with van der Waals surface area (Å²) in [6.07, 6.45) is 0. The zero-order chi connectivity index (χ0) is 12.5. The van der Waals surface area contributed by atoms with E-state index in [1.165, 1.54) is 0 Å². The van der Waals surface area contributed by atoms with Gasteiger partial charge in [0.1, 0.15) is 5.71 Å². The molecule has 0 unspecified atom stereocenters. The molecule has 88 valence electrons. The van der Waals surface area contributed by atoms with Gasteiger partial charge in [0.05, 0.1) is 0 Å². The van der Waals surface area contributed by atoms with Crippen LogP contribution in [-0.4, -0.2) is 17.9 Å². The Kier molecular flexibility index (Phi) is 2.65. The lowest BCUT2D eigenvalue weighted by Gasteiger charge is -2.20. The molecule has 0 saturated heterocycles. The summed E-state index contributed by atoms with van der Waals surface area (Å²) in [5, 5.41) is 13.9. The number of hydrogen-bond donors (Lipinski definition) is 1. The van der Waals surface area contributed by atoms with E-state index >= 15 is 0 Å². The summed E-state index contributed by atoms with van der Waals surface area (Å²) in [4.78, 5) is 0. The highest BCUT2D eigenvalue weighted by molar-refractivity contribution is 6.63. The summed E-state index contributed by atoms with van der Waals surface area (Å²) in [7, 11) is -0.978. The maximum atomic E-state index is 9.88. The van der Waals surface area contributed by atoms with E-state index in [-0.39, 0.29) is 0 Å². The molecule has 1 heterocycles. The minimum Gasteiger partial charge on any atom is -0.426 e. The maximum absolute atomic E-state index is 9.88. The lowest BCUT2D eigenvalue weighted by molar-refractivity contribution is 0.284. The quantitative estimate of drug-likeness (QED) is 0.763. The first kappa shape index (κ1) is 11.0. The molecular formula is C14H12BNO2. The first-order valence-electron chi connectivity index (χ1n) is 5.84. The monoisotopic (exact) mass is 237 g/mol. The van der Waals surface area contributed by atoms with Crippen molar-refractivity contribution >= 4 is 18.3 Å². The highest BCUT2D eigenvalue weighted by Gasteiger charge is 2.31. The first-order chi connectivity index (χ1) is 8.77. The van der Waals surface area contributed by atoms with Gasteiger partial charge in [-0.25, -0.2) is 0 Å². The largest absolute Gasteiger partial charge is 0.584 e. The predicted octanol–water partition coefficient (Wildman–Crippen LogP) is 1.47. The van der Waals surface area contributed by atoms with Crippen molar-refractivity contribution in [2.45, 2.75) is 6.92 Å². The van der Waals surface area contributed by atoms with E-state index in [9.17, 15) is 5.02 Å². The average Bonchev–Trinajstić information content (AvgIpc) is 2.40. The van der Waals surface area contributed by atoms with Crippen LogP contribution in [0.25, 0.3) is 0 Å². The summed E-state index contributed by atoms with van der Waals surface area (Å²) >= 11 is 0. The Hall–Kier alpha value is -2.07. The van der Waals surface area contributed by atoms with Crippen LogP contribution in [-0.2, 0) is 4.76 Å². The lowest BCUT2D eigenvalue weighted by Crippen LogP contribution is -2.42. The van der Waals surface area contributed by atoms with Crippen LogP contribution in [0.5, 0.6) is 0 Å². The Bertz CT molecular complexity index is 610. The Balaban J connectivity index is 2.18. The van der Waals surface area contributed by atoms with Gasteiger partial charge in [0.15, 0.2) is 0 Å². The number of aryl methyl sites for hydroxylation is 1. The molecule has 0 atom stereocenters. The molecule has 0 bridgehead atoms. The number of oxime groups is 1.